The van der Waals surface area contributed by atoms with Crippen LogP contribution < -0.4 is 0 Å². The van der Waals surface area contributed by atoms with E-state index in [1.54, 1.807) is 0 Å². The number of hydrogen-bond acceptors (Lipinski definition) is 2. The molecule has 3 aromatic heterocycles. The van der Waals surface area contributed by atoms with Crippen LogP contribution in [0, 0.1) is 0 Å². The van der Waals surface area contributed by atoms with Crippen LogP contribution in [-0.4, -0.2) is 9.55 Å². The molecule has 1 aliphatic rings. The highest BCUT2D eigenvalue weighted by atomic mass is 16.3. The first kappa shape index (κ1) is 22.1. The number of pyridine rings is 1. The highest BCUT2D eigenvalue weighted by molar-refractivity contribution is 6.16. The molecule has 0 N–H and O–H groups in total. The molecule has 3 heterocycles. The summed E-state index contributed by atoms with van der Waals surface area (Å²) in [6, 6.07) is 45.8. The third-order valence-corrected chi connectivity index (χ3v) is 8.96. The lowest BCUT2D eigenvalue weighted by atomic mass is 10.0. The molecule has 0 amide bonds. The predicted molar refractivity (Wildman–Crippen MR) is 173 cm³/mol. The van der Waals surface area contributed by atoms with Gasteiger partial charge in [0.2, 0.25) is 0 Å². The summed E-state index contributed by atoms with van der Waals surface area (Å²) in [6.45, 7) is 0. The maximum absolute atomic E-state index is 6.09. The number of fused-ring (bicyclic) bond motifs is 9. The van der Waals surface area contributed by atoms with Gasteiger partial charge in [0, 0.05) is 44.6 Å². The fraction of sp³-hybridized carbons (Fsp3) is 0. The highest BCUT2D eigenvalue weighted by Crippen LogP contribution is 2.47. The molecule has 0 radical (unpaired) electrons. The van der Waals surface area contributed by atoms with E-state index in [1.165, 1.54) is 60.4 Å². The number of hydrogen-bond donors (Lipinski definition) is 0. The van der Waals surface area contributed by atoms with Crippen LogP contribution >= 0.6 is 0 Å². The maximum Gasteiger partial charge on any atom is 0.135 e. The average Bonchev–Trinajstić information content (AvgIpc) is 3.69. The highest BCUT2D eigenvalue weighted by Gasteiger charge is 2.24. The number of benzene rings is 6. The second-order valence-corrected chi connectivity index (χ2v) is 11.2. The van der Waals surface area contributed by atoms with Crippen molar-refractivity contribution in [2.75, 3.05) is 0 Å². The second-order valence-electron chi connectivity index (χ2n) is 11.2. The van der Waals surface area contributed by atoms with Crippen molar-refractivity contribution >= 4 is 54.5 Å². The Balaban J connectivity index is 1.22. The third kappa shape index (κ3) is 2.87. The van der Waals surface area contributed by atoms with Gasteiger partial charge in [-0.1, -0.05) is 72.8 Å². The average molecular weight is 535 g/mol. The zero-order valence-electron chi connectivity index (χ0n) is 22.5. The van der Waals surface area contributed by atoms with Gasteiger partial charge in [0.05, 0.1) is 16.7 Å². The lowest BCUT2D eigenvalue weighted by Crippen LogP contribution is -1.95. The van der Waals surface area contributed by atoms with Gasteiger partial charge < -0.3 is 8.98 Å². The van der Waals surface area contributed by atoms with E-state index in [1.807, 2.05) is 24.4 Å². The van der Waals surface area contributed by atoms with Gasteiger partial charge in [-0.2, -0.15) is 0 Å². The molecule has 0 bridgehead atoms. The normalized spacial score (nSPS) is 12.3. The second kappa shape index (κ2) is 7.96. The van der Waals surface area contributed by atoms with Crippen LogP contribution in [0.5, 0.6) is 0 Å². The van der Waals surface area contributed by atoms with E-state index < -0.39 is 0 Å². The Morgan fingerprint density at radius 3 is 2.21 bits per heavy atom. The first-order valence-corrected chi connectivity index (χ1v) is 14.3. The quantitative estimate of drug-likeness (QED) is 0.221. The van der Waals surface area contributed by atoms with Crippen molar-refractivity contribution in [3.05, 3.63) is 134 Å². The summed E-state index contributed by atoms with van der Waals surface area (Å²) < 4.78 is 8.50. The van der Waals surface area contributed by atoms with E-state index in [2.05, 4.69) is 114 Å². The number of rotatable bonds is 2. The van der Waals surface area contributed by atoms with E-state index in [0.717, 1.165) is 33.3 Å². The van der Waals surface area contributed by atoms with E-state index in [4.69, 9.17) is 9.40 Å². The van der Waals surface area contributed by atoms with Gasteiger partial charge in [-0.15, -0.1) is 0 Å². The molecule has 3 nitrogen and oxygen atoms in total. The summed E-state index contributed by atoms with van der Waals surface area (Å²) in [7, 11) is 0. The molecule has 0 unspecified atom stereocenters. The van der Waals surface area contributed by atoms with Crippen molar-refractivity contribution in [3.8, 4) is 39.2 Å². The van der Waals surface area contributed by atoms with Gasteiger partial charge in [-0.3, -0.25) is 4.98 Å². The zero-order valence-corrected chi connectivity index (χ0v) is 22.5. The summed E-state index contributed by atoms with van der Waals surface area (Å²) >= 11 is 0. The Labute approximate surface area is 240 Å². The summed E-state index contributed by atoms with van der Waals surface area (Å²) in [5.74, 6) is 0. The van der Waals surface area contributed by atoms with Gasteiger partial charge in [-0.05, 0) is 82.1 Å². The molecule has 1 aliphatic carbocycles. The SMILES string of the molecule is c1cnc2c(c1)-c1cccc3cc(-n4c5ccccc5c5cc(-c6ccc7oc8ccccc8c7c6)ccc54)cc-2c13. The first-order valence-electron chi connectivity index (χ1n) is 14.3. The van der Waals surface area contributed by atoms with E-state index in [-0.39, 0.29) is 0 Å². The summed E-state index contributed by atoms with van der Waals surface area (Å²) in [4.78, 5) is 4.81. The first-order chi connectivity index (χ1) is 20.8. The third-order valence-electron chi connectivity index (χ3n) is 8.96. The largest absolute Gasteiger partial charge is 0.456 e. The molecule has 42 heavy (non-hydrogen) atoms. The fourth-order valence-corrected chi connectivity index (χ4v) is 7.13. The Morgan fingerprint density at radius 2 is 1.26 bits per heavy atom. The Hall–Kier alpha value is -5.67. The Kier molecular flexibility index (Phi) is 4.18. The molecule has 10 rings (SSSR count). The van der Waals surface area contributed by atoms with Crippen LogP contribution in [0.1, 0.15) is 0 Å². The number of nitrogens with zero attached hydrogens (tertiary/aromatic N) is 2. The van der Waals surface area contributed by atoms with Gasteiger partial charge in [0.1, 0.15) is 11.2 Å². The molecule has 3 heteroatoms. The zero-order chi connectivity index (χ0) is 27.4. The minimum absolute atomic E-state index is 0.918. The van der Waals surface area contributed by atoms with Crippen LogP contribution in [-0.2, 0) is 0 Å². The van der Waals surface area contributed by atoms with Crippen LogP contribution in [0.15, 0.2) is 138 Å². The van der Waals surface area contributed by atoms with Crippen LogP contribution in [0.2, 0.25) is 0 Å². The van der Waals surface area contributed by atoms with Crippen LogP contribution in [0.25, 0.3) is 93.7 Å². The lowest BCUT2D eigenvalue weighted by molar-refractivity contribution is 0.669. The fourth-order valence-electron chi connectivity index (χ4n) is 7.13. The van der Waals surface area contributed by atoms with E-state index in [9.17, 15) is 0 Å². The lowest BCUT2D eigenvalue weighted by Gasteiger charge is -2.12. The van der Waals surface area contributed by atoms with E-state index in [0.29, 0.717) is 0 Å². The van der Waals surface area contributed by atoms with Gasteiger partial charge in [-0.25, -0.2) is 0 Å². The molecule has 0 saturated heterocycles. The van der Waals surface area contributed by atoms with Gasteiger partial charge >= 0.3 is 0 Å². The smallest absolute Gasteiger partial charge is 0.135 e. The minimum atomic E-state index is 0.918. The number of para-hydroxylation sites is 2. The molecule has 0 atom stereocenters. The molecule has 194 valence electrons. The monoisotopic (exact) mass is 534 g/mol. The van der Waals surface area contributed by atoms with Crippen molar-refractivity contribution in [1.29, 1.82) is 0 Å². The Bertz CT molecular complexity index is 2580. The van der Waals surface area contributed by atoms with Gasteiger partial charge in [0.15, 0.2) is 0 Å². The van der Waals surface area contributed by atoms with Crippen LogP contribution in [0.3, 0.4) is 0 Å². The molecule has 6 aromatic carbocycles. The van der Waals surface area contributed by atoms with Crippen molar-refractivity contribution in [3.63, 3.8) is 0 Å². The summed E-state index contributed by atoms with van der Waals surface area (Å²) in [5, 5.41) is 7.31. The molecule has 0 fully saturated rings. The topological polar surface area (TPSA) is 31.0 Å². The van der Waals surface area contributed by atoms with E-state index >= 15 is 0 Å². The number of furan rings is 1. The molecule has 0 aliphatic heterocycles. The van der Waals surface area contributed by atoms with Gasteiger partial charge in [0.25, 0.3) is 0 Å². The molecule has 0 saturated carbocycles. The standard InChI is InChI=1S/C39H22N2O/c1-3-12-34-27(8-1)31-20-23(24-15-17-37-32(21-24)28-9-2-4-13-36(28)42-37)14-16-35(31)41(34)26-19-25-7-5-10-29-30-11-6-18-40-39(30)33(22-26)38(25)29/h1-22H. The molecule has 0 spiro atoms. The maximum atomic E-state index is 6.09. The molecular formula is C39H22N2O. The predicted octanol–water partition coefficient (Wildman–Crippen LogP) is 10.5. The van der Waals surface area contributed by atoms with Crippen LogP contribution in [0.4, 0.5) is 0 Å². The van der Waals surface area contributed by atoms with Crippen molar-refractivity contribution in [2.45, 2.75) is 0 Å². The van der Waals surface area contributed by atoms with Crippen molar-refractivity contribution in [1.82, 2.24) is 9.55 Å². The molecular weight excluding hydrogens is 512 g/mol. The molecule has 9 aromatic rings. The summed E-state index contributed by atoms with van der Waals surface area (Å²) in [6.07, 6.45) is 1.90. The minimum Gasteiger partial charge on any atom is -0.456 e. The number of aromatic nitrogens is 2. The Morgan fingerprint density at radius 1 is 0.500 bits per heavy atom. The van der Waals surface area contributed by atoms with Crippen molar-refractivity contribution in [2.24, 2.45) is 0 Å². The van der Waals surface area contributed by atoms with Crippen molar-refractivity contribution < 1.29 is 4.42 Å². The summed E-state index contributed by atoms with van der Waals surface area (Å²) in [5.41, 5.74) is 12.5.